The summed E-state index contributed by atoms with van der Waals surface area (Å²) >= 11 is 6.00. The molecule has 0 bridgehead atoms. The predicted octanol–water partition coefficient (Wildman–Crippen LogP) is 4.52. The molecule has 7 heteroatoms. The van der Waals surface area contributed by atoms with E-state index in [1.165, 1.54) is 0 Å². The van der Waals surface area contributed by atoms with Crippen LogP contribution in [0, 0.1) is 0 Å². The van der Waals surface area contributed by atoms with Gasteiger partial charge in [-0.05, 0) is 56.2 Å². The molecule has 0 amide bonds. The number of benzene rings is 2. The van der Waals surface area contributed by atoms with Crippen LogP contribution in [0.5, 0.6) is 5.75 Å². The average molecular weight is 461 g/mol. The lowest BCUT2D eigenvalue weighted by atomic mass is 10.0. The summed E-state index contributed by atoms with van der Waals surface area (Å²) in [6.45, 7) is 7.96. The van der Waals surface area contributed by atoms with Crippen LogP contribution in [0.25, 0.3) is 0 Å². The first-order valence-corrected chi connectivity index (χ1v) is 11.3. The third kappa shape index (κ3) is 7.78. The van der Waals surface area contributed by atoms with E-state index in [9.17, 15) is 5.11 Å². The van der Waals surface area contributed by atoms with Gasteiger partial charge in [0.2, 0.25) is 0 Å². The van der Waals surface area contributed by atoms with Gasteiger partial charge in [-0.1, -0.05) is 41.0 Å². The molecule has 0 fully saturated rings. The van der Waals surface area contributed by atoms with Crippen molar-refractivity contribution in [1.82, 2.24) is 4.90 Å². The smallest absolute Gasteiger partial charge is 0.145 e. The Bertz CT molecular complexity index is 896. The Morgan fingerprint density at radius 3 is 2.66 bits per heavy atom. The van der Waals surface area contributed by atoms with Gasteiger partial charge in [0.05, 0.1) is 31.1 Å². The molecule has 1 aliphatic heterocycles. The summed E-state index contributed by atoms with van der Waals surface area (Å²) in [7, 11) is 1.66. The molecule has 174 valence electrons. The minimum Gasteiger partial charge on any atom is -0.497 e. The van der Waals surface area contributed by atoms with Crippen LogP contribution >= 0.6 is 11.6 Å². The number of ether oxygens (including phenoxy) is 2. The van der Waals surface area contributed by atoms with Crippen molar-refractivity contribution in [3.63, 3.8) is 0 Å². The van der Waals surface area contributed by atoms with Gasteiger partial charge in [-0.3, -0.25) is 4.90 Å². The molecule has 3 rings (SSSR count). The van der Waals surface area contributed by atoms with Gasteiger partial charge in [0, 0.05) is 31.1 Å². The van der Waals surface area contributed by atoms with Crippen molar-refractivity contribution in [2.45, 2.75) is 51.5 Å². The third-order valence-electron chi connectivity index (χ3n) is 5.09. The van der Waals surface area contributed by atoms with Crippen LogP contribution in [0.3, 0.4) is 0 Å². The molecule has 2 aromatic rings. The van der Waals surface area contributed by atoms with E-state index in [-0.39, 0.29) is 18.3 Å². The number of rotatable bonds is 10. The van der Waals surface area contributed by atoms with Crippen LogP contribution in [-0.2, 0) is 16.1 Å². The molecule has 0 saturated carbocycles. The Morgan fingerprint density at radius 1 is 1.22 bits per heavy atom. The number of aliphatic hydroxyl groups excluding tert-OH is 1. The molecule has 0 aliphatic carbocycles. The van der Waals surface area contributed by atoms with Gasteiger partial charge in [0.1, 0.15) is 11.9 Å². The molecule has 1 N–H and O–H groups in total. The van der Waals surface area contributed by atoms with E-state index < -0.39 is 6.10 Å². The Morgan fingerprint density at radius 2 is 1.97 bits per heavy atom. The zero-order chi connectivity index (χ0) is 23.1. The highest BCUT2D eigenvalue weighted by molar-refractivity contribution is 6.30. The van der Waals surface area contributed by atoms with Gasteiger partial charge < -0.3 is 19.4 Å². The van der Waals surface area contributed by atoms with Crippen LogP contribution < -0.4 is 4.74 Å². The fourth-order valence-electron chi connectivity index (χ4n) is 3.56. The largest absolute Gasteiger partial charge is 0.497 e. The van der Waals surface area contributed by atoms with E-state index in [0.29, 0.717) is 31.1 Å². The Balaban J connectivity index is 1.64. The highest BCUT2D eigenvalue weighted by Gasteiger charge is 2.26. The maximum absolute atomic E-state index is 10.6. The molecular weight excluding hydrogens is 428 g/mol. The SMILES string of the molecule is COc1cccc(CN(C[C@H](O)COC(C)(C)C)C[C@H]2CC(c3ccc(Cl)cc3)=NO2)c1. The summed E-state index contributed by atoms with van der Waals surface area (Å²) in [5.74, 6) is 0.810. The molecule has 0 radical (unpaired) electrons. The van der Waals surface area contributed by atoms with Crippen LogP contribution in [0.1, 0.15) is 38.3 Å². The number of halogens is 1. The average Bonchev–Trinajstić information content (AvgIpc) is 3.21. The number of aliphatic hydroxyl groups is 1. The van der Waals surface area contributed by atoms with Gasteiger partial charge in [-0.15, -0.1) is 0 Å². The summed E-state index contributed by atoms with van der Waals surface area (Å²) in [5, 5.41) is 15.6. The summed E-state index contributed by atoms with van der Waals surface area (Å²) in [4.78, 5) is 7.91. The van der Waals surface area contributed by atoms with E-state index in [0.717, 1.165) is 22.6 Å². The normalized spacial score (nSPS) is 17.2. The Hall–Kier alpha value is -2.12. The molecule has 0 saturated heterocycles. The Kier molecular flexibility index (Phi) is 8.54. The highest BCUT2D eigenvalue weighted by Crippen LogP contribution is 2.21. The third-order valence-corrected chi connectivity index (χ3v) is 5.34. The molecule has 6 nitrogen and oxygen atoms in total. The molecule has 2 aromatic carbocycles. The topological polar surface area (TPSA) is 63.5 Å². The lowest BCUT2D eigenvalue weighted by molar-refractivity contribution is -0.0600. The van der Waals surface area contributed by atoms with E-state index in [2.05, 4.69) is 16.1 Å². The molecule has 1 heterocycles. The molecule has 1 aliphatic rings. The van der Waals surface area contributed by atoms with Crippen LogP contribution in [0.4, 0.5) is 0 Å². The maximum Gasteiger partial charge on any atom is 0.145 e. The minimum absolute atomic E-state index is 0.0954. The fourth-order valence-corrected chi connectivity index (χ4v) is 3.68. The molecular formula is C25H33ClN2O4. The second-order valence-corrected chi connectivity index (χ2v) is 9.54. The van der Waals surface area contributed by atoms with E-state index in [4.69, 9.17) is 25.9 Å². The van der Waals surface area contributed by atoms with Crippen molar-refractivity contribution in [3.8, 4) is 5.75 Å². The number of nitrogens with zero attached hydrogens (tertiary/aromatic N) is 2. The summed E-state index contributed by atoms with van der Waals surface area (Å²) in [6, 6.07) is 15.6. The van der Waals surface area contributed by atoms with Crippen molar-refractivity contribution >= 4 is 17.3 Å². The molecule has 32 heavy (non-hydrogen) atoms. The number of hydrogen-bond donors (Lipinski definition) is 1. The van der Waals surface area contributed by atoms with Crippen molar-refractivity contribution in [2.75, 3.05) is 26.8 Å². The molecule has 0 aromatic heterocycles. The van der Waals surface area contributed by atoms with Gasteiger partial charge in [0.25, 0.3) is 0 Å². The summed E-state index contributed by atoms with van der Waals surface area (Å²) in [5.41, 5.74) is 2.72. The quantitative estimate of drug-likeness (QED) is 0.564. The number of hydrogen-bond acceptors (Lipinski definition) is 6. The zero-order valence-corrected chi connectivity index (χ0v) is 20.0. The summed E-state index contributed by atoms with van der Waals surface area (Å²) < 4.78 is 11.1. The summed E-state index contributed by atoms with van der Waals surface area (Å²) in [6.07, 6.45) is -0.00918. The monoisotopic (exact) mass is 460 g/mol. The first kappa shape index (κ1) is 24.5. The first-order chi connectivity index (χ1) is 15.2. The van der Waals surface area contributed by atoms with E-state index in [1.807, 2.05) is 63.2 Å². The van der Waals surface area contributed by atoms with Crippen molar-refractivity contribution in [1.29, 1.82) is 0 Å². The van der Waals surface area contributed by atoms with Gasteiger partial charge in [-0.2, -0.15) is 0 Å². The van der Waals surface area contributed by atoms with Crippen molar-refractivity contribution < 1.29 is 19.4 Å². The second kappa shape index (κ2) is 11.1. The van der Waals surface area contributed by atoms with Gasteiger partial charge in [0.15, 0.2) is 0 Å². The van der Waals surface area contributed by atoms with Crippen molar-refractivity contribution in [2.24, 2.45) is 5.16 Å². The van der Waals surface area contributed by atoms with Crippen LogP contribution in [0.2, 0.25) is 5.02 Å². The molecule has 0 unspecified atom stereocenters. The van der Waals surface area contributed by atoms with E-state index in [1.54, 1.807) is 7.11 Å². The second-order valence-electron chi connectivity index (χ2n) is 9.10. The van der Waals surface area contributed by atoms with Crippen LogP contribution in [-0.4, -0.2) is 60.3 Å². The Labute approximate surface area is 195 Å². The maximum atomic E-state index is 10.6. The predicted molar refractivity (Wildman–Crippen MR) is 127 cm³/mol. The van der Waals surface area contributed by atoms with Crippen LogP contribution in [0.15, 0.2) is 53.7 Å². The standard InChI is InChI=1S/C25H33ClN2O4/c1-25(2,3)31-17-21(29)15-28(14-18-6-5-7-22(12-18)30-4)16-23-13-24(27-32-23)19-8-10-20(26)11-9-19/h5-12,21,23,29H,13-17H2,1-4H3/t21-,23+/m0/s1. The van der Waals surface area contributed by atoms with Gasteiger partial charge >= 0.3 is 0 Å². The zero-order valence-electron chi connectivity index (χ0n) is 19.3. The van der Waals surface area contributed by atoms with Gasteiger partial charge in [-0.25, -0.2) is 0 Å². The molecule has 2 atom stereocenters. The van der Waals surface area contributed by atoms with E-state index >= 15 is 0 Å². The lowest BCUT2D eigenvalue weighted by Crippen LogP contribution is -2.40. The lowest BCUT2D eigenvalue weighted by Gasteiger charge is -2.28. The minimum atomic E-state index is -0.613. The fraction of sp³-hybridized carbons (Fsp3) is 0.480. The first-order valence-electron chi connectivity index (χ1n) is 10.9. The number of oxime groups is 1. The number of methoxy groups -OCH3 is 1. The highest BCUT2D eigenvalue weighted by atomic mass is 35.5. The van der Waals surface area contributed by atoms with Crippen molar-refractivity contribution in [3.05, 3.63) is 64.7 Å². The molecule has 0 spiro atoms.